The summed E-state index contributed by atoms with van der Waals surface area (Å²) in [5, 5.41) is 0. The molecule has 0 aromatic carbocycles. The molecule has 0 aliphatic carbocycles. The molecule has 0 unspecified atom stereocenters. The van der Waals surface area contributed by atoms with Gasteiger partial charge in [-0.05, 0) is 49.2 Å². The van der Waals surface area contributed by atoms with Crippen molar-refractivity contribution in [2.45, 2.75) is 44.9 Å². The van der Waals surface area contributed by atoms with Crippen LogP contribution in [-0.2, 0) is 4.74 Å². The van der Waals surface area contributed by atoms with Crippen molar-refractivity contribution in [3.8, 4) is 0 Å². The van der Waals surface area contributed by atoms with Crippen LogP contribution in [0.25, 0.3) is 0 Å². The van der Waals surface area contributed by atoms with Crippen molar-refractivity contribution in [1.29, 1.82) is 0 Å². The zero-order chi connectivity index (χ0) is 15.2. The van der Waals surface area contributed by atoms with Gasteiger partial charge >= 0.3 is 6.09 Å². The Labute approximate surface area is 133 Å². The molecule has 5 nitrogen and oxygen atoms in total. The lowest BCUT2D eigenvalue weighted by molar-refractivity contribution is 0.0215. The number of carbonyl (C=O) groups is 1. The molecule has 2 bridgehead atoms. The molecule has 0 spiro atoms. The quantitative estimate of drug-likeness (QED) is 0.778. The van der Waals surface area contributed by atoms with Crippen molar-refractivity contribution in [1.82, 2.24) is 9.88 Å². The number of piperazine rings is 1. The molecular formula is C15H20BrN3O2. The Morgan fingerprint density at radius 1 is 1.33 bits per heavy atom. The maximum atomic E-state index is 12.2. The number of anilines is 1. The highest BCUT2D eigenvalue weighted by Gasteiger charge is 2.46. The van der Waals surface area contributed by atoms with E-state index in [9.17, 15) is 4.79 Å². The number of rotatable bonds is 1. The number of fused-ring (bicyclic) bond motifs is 2. The fraction of sp³-hybridized carbons (Fsp3) is 0.600. The van der Waals surface area contributed by atoms with Crippen LogP contribution in [0.15, 0.2) is 22.9 Å². The standard InChI is InChI=1S/C15H20BrN3O2/c1-15(2,3)21-14(20)19-9-12-5-13(19)8-18(12)11-4-10(16)6-17-7-11/h4,6-7,12-13H,5,8-9H2,1-3H3/t12-,13-/m0/s1. The van der Waals surface area contributed by atoms with Crippen LogP contribution in [0.3, 0.4) is 0 Å². The Hall–Kier alpha value is -1.30. The number of ether oxygens (including phenoxy) is 1. The van der Waals surface area contributed by atoms with Crippen LogP contribution in [-0.4, -0.2) is 46.8 Å². The van der Waals surface area contributed by atoms with E-state index in [1.54, 1.807) is 6.20 Å². The second-order valence-electron chi connectivity index (χ2n) is 6.69. The van der Waals surface area contributed by atoms with E-state index in [0.29, 0.717) is 6.04 Å². The lowest BCUT2D eigenvalue weighted by Crippen LogP contribution is -2.50. The number of halogens is 1. The molecule has 3 heterocycles. The number of aromatic nitrogens is 1. The highest BCUT2D eigenvalue weighted by Crippen LogP contribution is 2.35. The Morgan fingerprint density at radius 3 is 2.67 bits per heavy atom. The highest BCUT2D eigenvalue weighted by molar-refractivity contribution is 9.10. The summed E-state index contributed by atoms with van der Waals surface area (Å²) < 4.78 is 6.46. The molecule has 0 radical (unpaired) electrons. The second-order valence-corrected chi connectivity index (χ2v) is 7.61. The third-order valence-corrected chi connectivity index (χ3v) is 4.32. The predicted molar refractivity (Wildman–Crippen MR) is 84.4 cm³/mol. The molecule has 0 saturated carbocycles. The lowest BCUT2D eigenvalue weighted by atomic mass is 10.2. The van der Waals surface area contributed by atoms with Crippen LogP contribution in [0.2, 0.25) is 0 Å². The zero-order valence-corrected chi connectivity index (χ0v) is 14.1. The Bertz CT molecular complexity index is 558. The van der Waals surface area contributed by atoms with Gasteiger partial charge in [0.15, 0.2) is 0 Å². The minimum absolute atomic E-state index is 0.193. The summed E-state index contributed by atoms with van der Waals surface area (Å²) in [5.74, 6) is 0. The van der Waals surface area contributed by atoms with Crippen molar-refractivity contribution in [2.24, 2.45) is 0 Å². The van der Waals surface area contributed by atoms with E-state index < -0.39 is 5.60 Å². The first-order valence-electron chi connectivity index (χ1n) is 7.20. The van der Waals surface area contributed by atoms with E-state index in [2.05, 4.69) is 31.9 Å². The van der Waals surface area contributed by atoms with Gasteiger partial charge in [0, 0.05) is 29.8 Å². The molecule has 1 aromatic heterocycles. The molecule has 1 amide bonds. The van der Waals surface area contributed by atoms with E-state index in [1.165, 1.54) is 0 Å². The SMILES string of the molecule is CC(C)(C)OC(=O)N1C[C@@H]2C[C@H]1CN2c1cncc(Br)c1. The summed E-state index contributed by atoms with van der Waals surface area (Å²) in [6.07, 6.45) is 4.47. The van der Waals surface area contributed by atoms with Gasteiger partial charge in [-0.3, -0.25) is 4.98 Å². The van der Waals surface area contributed by atoms with Gasteiger partial charge in [-0.15, -0.1) is 0 Å². The monoisotopic (exact) mass is 353 g/mol. The van der Waals surface area contributed by atoms with Crippen molar-refractivity contribution in [2.75, 3.05) is 18.0 Å². The fourth-order valence-electron chi connectivity index (χ4n) is 3.09. The van der Waals surface area contributed by atoms with Gasteiger partial charge in [0.05, 0.1) is 17.9 Å². The number of hydrogen-bond acceptors (Lipinski definition) is 4. The lowest BCUT2D eigenvalue weighted by Gasteiger charge is -2.36. The first-order chi connectivity index (χ1) is 9.83. The van der Waals surface area contributed by atoms with E-state index in [-0.39, 0.29) is 12.1 Å². The number of likely N-dealkylation sites (tertiary alicyclic amines) is 1. The van der Waals surface area contributed by atoms with Crippen LogP contribution < -0.4 is 4.90 Å². The molecule has 2 atom stereocenters. The smallest absolute Gasteiger partial charge is 0.410 e. The zero-order valence-electron chi connectivity index (χ0n) is 12.5. The van der Waals surface area contributed by atoms with E-state index in [0.717, 1.165) is 29.7 Å². The highest BCUT2D eigenvalue weighted by atomic mass is 79.9. The number of amides is 1. The van der Waals surface area contributed by atoms with Crippen LogP contribution >= 0.6 is 15.9 Å². The molecule has 0 N–H and O–H groups in total. The summed E-state index contributed by atoms with van der Waals surface area (Å²) in [5.41, 5.74) is 0.674. The maximum absolute atomic E-state index is 12.2. The summed E-state index contributed by atoms with van der Waals surface area (Å²) in [4.78, 5) is 20.6. The Morgan fingerprint density at radius 2 is 2.10 bits per heavy atom. The second kappa shape index (κ2) is 5.16. The fourth-order valence-corrected chi connectivity index (χ4v) is 3.44. The maximum Gasteiger partial charge on any atom is 0.410 e. The first kappa shape index (κ1) is 14.6. The molecule has 114 valence electrons. The largest absolute Gasteiger partial charge is 0.444 e. The molecule has 2 aliphatic rings. The first-order valence-corrected chi connectivity index (χ1v) is 7.99. The van der Waals surface area contributed by atoms with Gasteiger partial charge in [-0.1, -0.05) is 0 Å². The molecule has 2 aliphatic heterocycles. The summed E-state index contributed by atoms with van der Waals surface area (Å²) in [6, 6.07) is 2.67. The van der Waals surface area contributed by atoms with Crippen LogP contribution in [0.4, 0.5) is 10.5 Å². The summed E-state index contributed by atoms with van der Waals surface area (Å²) >= 11 is 3.46. The Balaban J connectivity index is 1.68. The number of hydrogen-bond donors (Lipinski definition) is 0. The van der Waals surface area contributed by atoms with Gasteiger partial charge in [0.1, 0.15) is 5.60 Å². The molecule has 1 aromatic rings. The van der Waals surface area contributed by atoms with Crippen molar-refractivity contribution >= 4 is 27.7 Å². The van der Waals surface area contributed by atoms with Crippen molar-refractivity contribution < 1.29 is 9.53 Å². The van der Waals surface area contributed by atoms with E-state index in [1.807, 2.05) is 31.9 Å². The third kappa shape index (κ3) is 3.00. The molecule has 2 fully saturated rings. The van der Waals surface area contributed by atoms with Crippen molar-refractivity contribution in [3.63, 3.8) is 0 Å². The number of nitrogens with zero attached hydrogens (tertiary/aromatic N) is 3. The van der Waals surface area contributed by atoms with Crippen LogP contribution in [0.5, 0.6) is 0 Å². The van der Waals surface area contributed by atoms with Gasteiger partial charge in [0.2, 0.25) is 0 Å². The normalized spacial score (nSPS) is 24.6. The number of pyridine rings is 1. The van der Waals surface area contributed by atoms with Gasteiger partial charge in [0.25, 0.3) is 0 Å². The Kier molecular flexibility index (Phi) is 3.59. The minimum atomic E-state index is -0.438. The molecule has 6 heteroatoms. The average molecular weight is 354 g/mol. The van der Waals surface area contributed by atoms with Gasteiger partial charge in [-0.2, -0.15) is 0 Å². The van der Waals surface area contributed by atoms with Gasteiger partial charge in [-0.25, -0.2) is 4.79 Å². The summed E-state index contributed by atoms with van der Waals surface area (Å²) in [7, 11) is 0. The van der Waals surface area contributed by atoms with Crippen molar-refractivity contribution in [3.05, 3.63) is 22.9 Å². The summed E-state index contributed by atoms with van der Waals surface area (Å²) in [6.45, 7) is 7.28. The van der Waals surface area contributed by atoms with E-state index in [4.69, 9.17) is 4.74 Å². The topological polar surface area (TPSA) is 45.7 Å². The average Bonchev–Trinajstić information content (AvgIpc) is 2.96. The van der Waals surface area contributed by atoms with Crippen LogP contribution in [0.1, 0.15) is 27.2 Å². The minimum Gasteiger partial charge on any atom is -0.444 e. The predicted octanol–water partition coefficient (Wildman–Crippen LogP) is 3.04. The molecule has 2 saturated heterocycles. The van der Waals surface area contributed by atoms with Gasteiger partial charge < -0.3 is 14.5 Å². The van der Waals surface area contributed by atoms with E-state index >= 15 is 0 Å². The van der Waals surface area contributed by atoms with Crippen LogP contribution in [0, 0.1) is 0 Å². The third-order valence-electron chi connectivity index (χ3n) is 3.89. The molecule has 3 rings (SSSR count). The molecular weight excluding hydrogens is 334 g/mol. The molecule has 21 heavy (non-hydrogen) atoms. The number of carbonyl (C=O) groups excluding carboxylic acids is 1.